The van der Waals surface area contributed by atoms with E-state index in [-0.39, 0.29) is 24.0 Å². The smallest absolute Gasteiger partial charge is 0.269 e. The van der Waals surface area contributed by atoms with E-state index in [9.17, 15) is 19.7 Å². The van der Waals surface area contributed by atoms with E-state index in [1.165, 1.54) is 16.8 Å². The van der Waals surface area contributed by atoms with Gasteiger partial charge in [-0.15, -0.1) is 0 Å². The highest BCUT2D eigenvalue weighted by molar-refractivity contribution is 5.91. The van der Waals surface area contributed by atoms with E-state index in [0.717, 1.165) is 11.3 Å². The fraction of sp³-hybridized carbons (Fsp3) is 0.360. The van der Waals surface area contributed by atoms with Gasteiger partial charge in [0.25, 0.3) is 5.69 Å². The van der Waals surface area contributed by atoms with Crippen LogP contribution in [0.5, 0.6) is 0 Å². The van der Waals surface area contributed by atoms with E-state index in [0.29, 0.717) is 44.6 Å². The minimum absolute atomic E-state index is 0.0121. The van der Waals surface area contributed by atoms with E-state index in [1.807, 2.05) is 18.2 Å². The number of nitrogens with one attached hydrogen (secondary N) is 2. The summed E-state index contributed by atoms with van der Waals surface area (Å²) in [6.07, 6.45) is 4.92. The zero-order valence-electron chi connectivity index (χ0n) is 20.1. The van der Waals surface area contributed by atoms with E-state index in [4.69, 9.17) is 0 Å². The maximum atomic E-state index is 13.5. The Balaban J connectivity index is 1.39. The van der Waals surface area contributed by atoms with Crippen LogP contribution in [0, 0.1) is 10.1 Å². The van der Waals surface area contributed by atoms with Crippen molar-refractivity contribution in [2.75, 3.05) is 26.7 Å². The molecule has 188 valence electrons. The molecule has 0 aliphatic carbocycles. The van der Waals surface area contributed by atoms with Gasteiger partial charge in [-0.25, -0.2) is 0 Å². The first-order chi connectivity index (χ1) is 17.4. The summed E-state index contributed by atoms with van der Waals surface area (Å²) in [5.74, 6) is -0.432. The molecule has 0 radical (unpaired) electrons. The van der Waals surface area contributed by atoms with Crippen LogP contribution in [0.15, 0.2) is 60.9 Å². The maximum absolute atomic E-state index is 13.5. The van der Waals surface area contributed by atoms with Crippen molar-refractivity contribution in [1.29, 1.82) is 0 Å². The van der Waals surface area contributed by atoms with Gasteiger partial charge in [0.15, 0.2) is 0 Å². The number of benzene rings is 1. The predicted molar refractivity (Wildman–Crippen MR) is 133 cm³/mol. The Morgan fingerprint density at radius 3 is 2.56 bits per heavy atom. The van der Waals surface area contributed by atoms with Gasteiger partial charge in [0.05, 0.1) is 10.6 Å². The molecule has 11 nitrogen and oxygen atoms in total. The molecule has 0 saturated carbocycles. The normalized spacial score (nSPS) is 14.7. The third-order valence-electron chi connectivity index (χ3n) is 6.35. The topological polar surface area (TPSA) is 135 Å². The van der Waals surface area contributed by atoms with Gasteiger partial charge < -0.3 is 15.5 Å². The first kappa shape index (κ1) is 25.0. The third-order valence-corrected chi connectivity index (χ3v) is 6.35. The molecule has 11 heteroatoms. The van der Waals surface area contributed by atoms with Gasteiger partial charge in [-0.05, 0) is 56.1 Å². The minimum atomic E-state index is -0.997. The van der Waals surface area contributed by atoms with E-state index in [1.54, 1.807) is 42.5 Å². The van der Waals surface area contributed by atoms with Crippen LogP contribution in [-0.4, -0.2) is 68.6 Å². The number of nitro groups is 1. The fourth-order valence-corrected chi connectivity index (χ4v) is 4.35. The van der Waals surface area contributed by atoms with Crippen molar-refractivity contribution in [3.8, 4) is 11.4 Å². The molecule has 0 spiro atoms. The van der Waals surface area contributed by atoms with Crippen molar-refractivity contribution in [3.05, 3.63) is 76.6 Å². The van der Waals surface area contributed by atoms with Gasteiger partial charge in [0, 0.05) is 38.1 Å². The molecule has 2 amide bonds. The summed E-state index contributed by atoms with van der Waals surface area (Å²) in [5, 5.41) is 21.5. The van der Waals surface area contributed by atoms with Crippen LogP contribution >= 0.6 is 0 Å². The summed E-state index contributed by atoms with van der Waals surface area (Å²) in [4.78, 5) is 42.8. The Morgan fingerprint density at radius 1 is 1.14 bits per heavy atom. The molecule has 1 aromatic carbocycles. The van der Waals surface area contributed by atoms with E-state index in [2.05, 4.69) is 20.7 Å². The lowest BCUT2D eigenvalue weighted by Crippen LogP contribution is -2.63. The summed E-state index contributed by atoms with van der Waals surface area (Å²) in [6.45, 7) is 1.65. The molecule has 0 bridgehead atoms. The monoisotopic (exact) mass is 491 g/mol. The van der Waals surface area contributed by atoms with Gasteiger partial charge in [-0.2, -0.15) is 5.10 Å². The predicted octanol–water partition coefficient (Wildman–Crippen LogP) is 1.79. The molecular formula is C25H29N7O4. The number of carbonyl (C=O) groups excluding carboxylic acids is 2. The number of nitro benzene ring substituents is 1. The van der Waals surface area contributed by atoms with Crippen molar-refractivity contribution in [2.45, 2.75) is 31.3 Å². The molecule has 0 unspecified atom stereocenters. The van der Waals surface area contributed by atoms with Crippen molar-refractivity contribution in [2.24, 2.45) is 0 Å². The quantitative estimate of drug-likeness (QED) is 0.344. The Hall–Kier alpha value is -4.12. The van der Waals surface area contributed by atoms with Crippen molar-refractivity contribution < 1.29 is 14.5 Å². The number of rotatable bonds is 9. The standard InChI is InChI=1S/C25H29N7O4/c1-30(16-9-19-5-7-20(8-6-19)32(35)36)24(34)25(11-14-26-15-12-25)28-23(33)18-31-17-10-22(29-31)21-4-2-3-13-27-21/h2-8,10,13,17,26H,9,11-12,14-16,18H2,1H3,(H,28,33). The molecule has 1 fully saturated rings. The lowest BCUT2D eigenvalue weighted by atomic mass is 9.86. The lowest BCUT2D eigenvalue weighted by Gasteiger charge is -2.39. The highest BCUT2D eigenvalue weighted by Crippen LogP contribution is 2.22. The first-order valence-corrected chi connectivity index (χ1v) is 11.8. The Kier molecular flexibility index (Phi) is 7.69. The molecular weight excluding hydrogens is 462 g/mol. The van der Waals surface area contributed by atoms with Gasteiger partial charge >= 0.3 is 0 Å². The average Bonchev–Trinajstić information content (AvgIpc) is 3.36. The molecule has 36 heavy (non-hydrogen) atoms. The van der Waals surface area contributed by atoms with Crippen molar-refractivity contribution >= 4 is 17.5 Å². The second-order valence-electron chi connectivity index (χ2n) is 8.89. The Bertz CT molecular complexity index is 1200. The highest BCUT2D eigenvalue weighted by Gasteiger charge is 2.42. The van der Waals surface area contributed by atoms with E-state index < -0.39 is 10.5 Å². The van der Waals surface area contributed by atoms with Crippen molar-refractivity contribution in [3.63, 3.8) is 0 Å². The molecule has 2 aromatic heterocycles. The number of aromatic nitrogens is 3. The number of pyridine rings is 1. The first-order valence-electron chi connectivity index (χ1n) is 11.8. The number of amides is 2. The third kappa shape index (κ3) is 5.92. The van der Waals surface area contributed by atoms with Gasteiger partial charge in [0.1, 0.15) is 17.8 Å². The number of likely N-dealkylation sites (N-methyl/N-ethyl adjacent to an activating group) is 1. The summed E-state index contributed by atoms with van der Waals surface area (Å²) >= 11 is 0. The SMILES string of the molecule is CN(CCc1ccc([N+](=O)[O-])cc1)C(=O)C1(NC(=O)Cn2ccc(-c3ccccn3)n2)CCNCC1. The molecule has 1 saturated heterocycles. The fourth-order valence-electron chi connectivity index (χ4n) is 4.35. The minimum Gasteiger partial charge on any atom is -0.343 e. The molecule has 1 aliphatic heterocycles. The number of piperidine rings is 1. The van der Waals surface area contributed by atoms with Gasteiger partial charge in [-0.3, -0.25) is 29.4 Å². The van der Waals surface area contributed by atoms with Crippen LogP contribution in [0.25, 0.3) is 11.4 Å². The summed E-state index contributed by atoms with van der Waals surface area (Å²) in [5.41, 5.74) is 1.32. The number of hydrogen-bond acceptors (Lipinski definition) is 7. The Morgan fingerprint density at radius 2 is 1.89 bits per heavy atom. The lowest BCUT2D eigenvalue weighted by molar-refractivity contribution is -0.384. The van der Waals surface area contributed by atoms with Crippen LogP contribution in [0.1, 0.15) is 18.4 Å². The number of hydrogen-bond donors (Lipinski definition) is 2. The van der Waals surface area contributed by atoms with Crippen LogP contribution in [0.2, 0.25) is 0 Å². The maximum Gasteiger partial charge on any atom is 0.269 e. The van der Waals surface area contributed by atoms with Gasteiger partial charge in [-0.1, -0.05) is 18.2 Å². The number of carbonyl (C=O) groups is 2. The largest absolute Gasteiger partial charge is 0.343 e. The van der Waals surface area contributed by atoms with Crippen molar-refractivity contribution in [1.82, 2.24) is 30.3 Å². The second-order valence-corrected chi connectivity index (χ2v) is 8.89. The molecule has 3 heterocycles. The summed E-state index contributed by atoms with van der Waals surface area (Å²) in [6, 6.07) is 13.7. The molecule has 3 aromatic rings. The second kappa shape index (κ2) is 11.1. The van der Waals surface area contributed by atoms with Gasteiger partial charge in [0.2, 0.25) is 11.8 Å². The molecule has 0 atom stereocenters. The highest BCUT2D eigenvalue weighted by atomic mass is 16.6. The molecule has 2 N–H and O–H groups in total. The number of non-ortho nitro benzene ring substituents is 1. The van der Waals surface area contributed by atoms with Crippen LogP contribution < -0.4 is 10.6 Å². The van der Waals surface area contributed by atoms with Crippen LogP contribution in [-0.2, 0) is 22.6 Å². The Labute approximate surface area is 208 Å². The summed E-state index contributed by atoms with van der Waals surface area (Å²) in [7, 11) is 1.72. The molecule has 1 aliphatic rings. The zero-order valence-corrected chi connectivity index (χ0v) is 20.1. The van der Waals surface area contributed by atoms with E-state index >= 15 is 0 Å². The average molecular weight is 492 g/mol. The van der Waals surface area contributed by atoms with Crippen LogP contribution in [0.4, 0.5) is 5.69 Å². The van der Waals surface area contributed by atoms with Crippen LogP contribution in [0.3, 0.4) is 0 Å². The molecule has 4 rings (SSSR count). The zero-order chi connectivity index (χ0) is 25.5. The summed E-state index contributed by atoms with van der Waals surface area (Å²) < 4.78 is 1.54. The number of nitrogens with zero attached hydrogens (tertiary/aromatic N) is 5.